The van der Waals surface area contributed by atoms with E-state index >= 15 is 0 Å². The van der Waals surface area contributed by atoms with E-state index in [1.807, 2.05) is 13.1 Å². The number of ether oxygens (including phenoxy) is 1. The summed E-state index contributed by atoms with van der Waals surface area (Å²) in [6, 6.07) is 0. The highest BCUT2D eigenvalue weighted by Crippen LogP contribution is 2.25. The topological polar surface area (TPSA) is 47.0 Å². The first kappa shape index (κ1) is 15.4. The third-order valence-electron chi connectivity index (χ3n) is 3.91. The molecule has 1 aliphatic rings. The summed E-state index contributed by atoms with van der Waals surface area (Å²) < 4.78 is 5.29. The van der Waals surface area contributed by atoms with Crippen LogP contribution < -0.4 is 5.32 Å². The highest BCUT2D eigenvalue weighted by molar-refractivity contribution is 5.22. The van der Waals surface area contributed by atoms with Crippen molar-refractivity contribution in [2.75, 3.05) is 13.7 Å². The molecule has 0 bridgehead atoms. The van der Waals surface area contributed by atoms with E-state index in [4.69, 9.17) is 4.74 Å². The summed E-state index contributed by atoms with van der Waals surface area (Å²) in [7, 11) is 1.70. The molecule has 1 aliphatic carbocycles. The van der Waals surface area contributed by atoms with Crippen molar-refractivity contribution in [1.82, 2.24) is 15.3 Å². The van der Waals surface area contributed by atoms with Crippen molar-refractivity contribution in [2.24, 2.45) is 5.92 Å². The zero-order valence-electron chi connectivity index (χ0n) is 13.4. The van der Waals surface area contributed by atoms with Gasteiger partial charge in [-0.25, -0.2) is 9.97 Å². The lowest BCUT2D eigenvalue weighted by Crippen LogP contribution is -2.40. The van der Waals surface area contributed by atoms with Crippen LogP contribution in [-0.2, 0) is 17.6 Å². The molecule has 1 aromatic heterocycles. The molecule has 0 saturated heterocycles. The molecule has 0 aliphatic heterocycles. The van der Waals surface area contributed by atoms with Gasteiger partial charge < -0.3 is 10.1 Å². The second-order valence-electron chi connectivity index (χ2n) is 6.82. The summed E-state index contributed by atoms with van der Waals surface area (Å²) >= 11 is 0. The van der Waals surface area contributed by atoms with E-state index in [0.717, 1.165) is 25.2 Å². The van der Waals surface area contributed by atoms with Gasteiger partial charge in [0.05, 0.1) is 0 Å². The van der Waals surface area contributed by atoms with Crippen LogP contribution in [0.4, 0.5) is 0 Å². The molecule has 0 saturated carbocycles. The van der Waals surface area contributed by atoms with Crippen LogP contribution in [0.25, 0.3) is 0 Å². The van der Waals surface area contributed by atoms with Crippen LogP contribution in [0.5, 0.6) is 0 Å². The number of rotatable bonds is 4. The average molecular weight is 277 g/mol. The van der Waals surface area contributed by atoms with Gasteiger partial charge in [-0.15, -0.1) is 0 Å². The van der Waals surface area contributed by atoms with E-state index in [0.29, 0.717) is 5.92 Å². The quantitative estimate of drug-likeness (QED) is 0.919. The molecular formula is C16H27N3O. The molecule has 0 radical (unpaired) electrons. The Morgan fingerprint density at radius 3 is 2.85 bits per heavy atom. The third-order valence-corrected chi connectivity index (χ3v) is 3.91. The van der Waals surface area contributed by atoms with Crippen LogP contribution in [0, 0.1) is 5.92 Å². The third kappa shape index (κ3) is 4.00. The van der Waals surface area contributed by atoms with Crippen molar-refractivity contribution in [1.29, 1.82) is 0 Å². The second-order valence-corrected chi connectivity index (χ2v) is 6.82. The molecule has 0 amide bonds. The number of nitrogens with zero attached hydrogens (tertiary/aromatic N) is 2. The minimum atomic E-state index is -0.0272. The fourth-order valence-electron chi connectivity index (χ4n) is 2.52. The Bertz CT molecular complexity index is 454. The standard InChI is InChI=1S/C16H27N3O/c1-11(20-5)15-17-10-13-8-12(6-7-14(13)19-15)9-18-16(2,3)4/h10-12,18H,6-9H2,1-5H3. The van der Waals surface area contributed by atoms with Gasteiger partial charge in [0.1, 0.15) is 6.10 Å². The Morgan fingerprint density at radius 2 is 2.20 bits per heavy atom. The highest BCUT2D eigenvalue weighted by Gasteiger charge is 2.22. The number of aryl methyl sites for hydroxylation is 1. The molecule has 0 aromatic carbocycles. The Labute approximate surface area is 122 Å². The number of hydrogen-bond acceptors (Lipinski definition) is 4. The van der Waals surface area contributed by atoms with Gasteiger partial charge in [0.2, 0.25) is 0 Å². The van der Waals surface area contributed by atoms with Gasteiger partial charge in [-0.05, 0) is 65.0 Å². The zero-order valence-corrected chi connectivity index (χ0v) is 13.4. The second kappa shape index (κ2) is 6.19. The van der Waals surface area contributed by atoms with Crippen LogP contribution in [0.3, 0.4) is 0 Å². The van der Waals surface area contributed by atoms with Crippen molar-refractivity contribution in [3.05, 3.63) is 23.3 Å². The molecule has 1 heterocycles. The maximum absolute atomic E-state index is 5.29. The molecule has 20 heavy (non-hydrogen) atoms. The van der Waals surface area contributed by atoms with Crippen molar-refractivity contribution >= 4 is 0 Å². The Kier molecular flexibility index (Phi) is 4.76. The first-order chi connectivity index (χ1) is 9.39. The SMILES string of the molecule is COC(C)c1ncc2c(n1)CCC(CNC(C)(C)C)C2. The Morgan fingerprint density at radius 1 is 1.45 bits per heavy atom. The fourth-order valence-corrected chi connectivity index (χ4v) is 2.52. The minimum Gasteiger partial charge on any atom is -0.374 e. The van der Waals surface area contributed by atoms with Gasteiger partial charge in [-0.2, -0.15) is 0 Å². The predicted octanol–water partition coefficient (Wildman–Crippen LogP) is 2.68. The smallest absolute Gasteiger partial charge is 0.157 e. The van der Waals surface area contributed by atoms with Crippen LogP contribution >= 0.6 is 0 Å². The average Bonchev–Trinajstić information content (AvgIpc) is 2.42. The number of nitrogens with one attached hydrogen (secondary N) is 1. The summed E-state index contributed by atoms with van der Waals surface area (Å²) in [6.07, 6.45) is 5.31. The molecule has 4 heteroatoms. The summed E-state index contributed by atoms with van der Waals surface area (Å²) in [5.41, 5.74) is 2.71. The Hall–Kier alpha value is -1.00. The number of methoxy groups -OCH3 is 1. The highest BCUT2D eigenvalue weighted by atomic mass is 16.5. The molecule has 0 spiro atoms. The maximum Gasteiger partial charge on any atom is 0.157 e. The summed E-state index contributed by atoms with van der Waals surface area (Å²) in [6.45, 7) is 9.70. The normalized spacial score (nSPS) is 20.6. The molecule has 112 valence electrons. The van der Waals surface area contributed by atoms with Gasteiger partial charge in [0.25, 0.3) is 0 Å². The van der Waals surface area contributed by atoms with Crippen molar-refractivity contribution in [3.63, 3.8) is 0 Å². The van der Waals surface area contributed by atoms with Gasteiger partial charge in [0.15, 0.2) is 5.82 Å². The van der Waals surface area contributed by atoms with E-state index in [1.54, 1.807) is 7.11 Å². The summed E-state index contributed by atoms with van der Waals surface area (Å²) in [4.78, 5) is 9.12. The lowest BCUT2D eigenvalue weighted by molar-refractivity contribution is 0.111. The molecule has 1 aromatic rings. The lowest BCUT2D eigenvalue weighted by Gasteiger charge is -2.28. The van der Waals surface area contributed by atoms with Gasteiger partial charge in [0, 0.05) is 24.5 Å². The van der Waals surface area contributed by atoms with Gasteiger partial charge >= 0.3 is 0 Å². The number of aromatic nitrogens is 2. The Balaban J connectivity index is 2.01. The van der Waals surface area contributed by atoms with Crippen LogP contribution in [0.2, 0.25) is 0 Å². The first-order valence-electron chi connectivity index (χ1n) is 7.51. The van der Waals surface area contributed by atoms with E-state index in [1.165, 1.54) is 17.7 Å². The van der Waals surface area contributed by atoms with Gasteiger partial charge in [-0.1, -0.05) is 0 Å². The van der Waals surface area contributed by atoms with E-state index in [9.17, 15) is 0 Å². The van der Waals surface area contributed by atoms with E-state index in [-0.39, 0.29) is 11.6 Å². The summed E-state index contributed by atoms with van der Waals surface area (Å²) in [5, 5.41) is 3.60. The molecule has 1 N–H and O–H groups in total. The van der Waals surface area contributed by atoms with Crippen molar-refractivity contribution < 1.29 is 4.74 Å². The monoisotopic (exact) mass is 277 g/mol. The minimum absolute atomic E-state index is 0.0272. The zero-order chi connectivity index (χ0) is 14.8. The maximum atomic E-state index is 5.29. The molecule has 2 atom stereocenters. The van der Waals surface area contributed by atoms with Crippen molar-refractivity contribution in [2.45, 2.75) is 58.6 Å². The number of hydrogen-bond donors (Lipinski definition) is 1. The van der Waals surface area contributed by atoms with E-state index < -0.39 is 0 Å². The first-order valence-corrected chi connectivity index (χ1v) is 7.51. The molecule has 2 unspecified atom stereocenters. The largest absolute Gasteiger partial charge is 0.374 e. The van der Waals surface area contributed by atoms with Crippen LogP contribution in [0.1, 0.15) is 57.3 Å². The molecule has 2 rings (SSSR count). The van der Waals surface area contributed by atoms with Gasteiger partial charge in [-0.3, -0.25) is 0 Å². The molecular weight excluding hydrogens is 250 g/mol. The fraction of sp³-hybridized carbons (Fsp3) is 0.750. The molecule has 0 fully saturated rings. The summed E-state index contributed by atoms with van der Waals surface area (Å²) in [5.74, 6) is 1.49. The molecule has 4 nitrogen and oxygen atoms in total. The van der Waals surface area contributed by atoms with Crippen molar-refractivity contribution in [3.8, 4) is 0 Å². The van der Waals surface area contributed by atoms with Crippen LogP contribution in [0.15, 0.2) is 6.20 Å². The van der Waals surface area contributed by atoms with Crippen LogP contribution in [-0.4, -0.2) is 29.2 Å². The van der Waals surface area contributed by atoms with E-state index in [2.05, 4.69) is 36.1 Å². The lowest BCUT2D eigenvalue weighted by atomic mass is 9.86. The number of fused-ring (bicyclic) bond motifs is 1. The predicted molar refractivity (Wildman–Crippen MR) is 80.7 cm³/mol.